The van der Waals surface area contributed by atoms with E-state index >= 15 is 0 Å². The Morgan fingerprint density at radius 3 is 2.83 bits per heavy atom. The van der Waals surface area contributed by atoms with Crippen LogP contribution < -0.4 is 11.1 Å². The molecule has 2 rings (SSSR count). The smallest absolute Gasteiger partial charge is 0.0779 e. The van der Waals surface area contributed by atoms with Gasteiger partial charge in [-0.3, -0.25) is 0 Å². The summed E-state index contributed by atoms with van der Waals surface area (Å²) in [5.41, 5.74) is 7.45. The fourth-order valence-corrected chi connectivity index (χ4v) is 2.49. The number of nitrogens with two attached hydrogens (primary N) is 1. The molecule has 1 aromatic rings. The molecule has 0 amide bonds. The third-order valence-electron chi connectivity index (χ3n) is 3.55. The van der Waals surface area contributed by atoms with Crippen LogP contribution in [0.25, 0.3) is 0 Å². The van der Waals surface area contributed by atoms with E-state index in [0.717, 1.165) is 32.5 Å². The van der Waals surface area contributed by atoms with Gasteiger partial charge in [-0.2, -0.15) is 0 Å². The number of nitrogens with one attached hydrogen (secondary N) is 1. The van der Waals surface area contributed by atoms with Gasteiger partial charge in [-0.1, -0.05) is 30.3 Å². The van der Waals surface area contributed by atoms with Gasteiger partial charge >= 0.3 is 0 Å². The highest BCUT2D eigenvalue weighted by Crippen LogP contribution is 2.23. The van der Waals surface area contributed by atoms with Gasteiger partial charge in [-0.25, -0.2) is 0 Å². The Balaban J connectivity index is 1.67. The van der Waals surface area contributed by atoms with Crippen LogP contribution in [0.5, 0.6) is 0 Å². The summed E-state index contributed by atoms with van der Waals surface area (Å²) in [5, 5.41) is 3.44. The van der Waals surface area contributed by atoms with Crippen molar-refractivity contribution >= 4 is 0 Å². The second-order valence-electron chi connectivity index (χ2n) is 5.48. The molecular formula is C15H24N2O. The zero-order valence-corrected chi connectivity index (χ0v) is 11.2. The van der Waals surface area contributed by atoms with E-state index in [0.29, 0.717) is 0 Å². The molecule has 0 aliphatic carbocycles. The molecular weight excluding hydrogens is 224 g/mol. The van der Waals surface area contributed by atoms with Crippen LogP contribution in [0.1, 0.15) is 25.3 Å². The monoisotopic (exact) mass is 248 g/mol. The Kier molecular flexibility index (Phi) is 4.75. The van der Waals surface area contributed by atoms with E-state index < -0.39 is 0 Å². The lowest BCUT2D eigenvalue weighted by atomic mass is 10.0. The van der Waals surface area contributed by atoms with Crippen LogP contribution in [0.3, 0.4) is 0 Å². The fourth-order valence-electron chi connectivity index (χ4n) is 2.49. The third-order valence-corrected chi connectivity index (χ3v) is 3.55. The molecule has 3 heteroatoms. The van der Waals surface area contributed by atoms with Crippen molar-refractivity contribution in [3.05, 3.63) is 35.9 Å². The molecule has 0 spiro atoms. The van der Waals surface area contributed by atoms with Crippen molar-refractivity contribution in [2.24, 2.45) is 5.73 Å². The normalized spacial score (nSPS) is 25.2. The molecule has 18 heavy (non-hydrogen) atoms. The SMILES string of the molecule is CC1(CNCC(N)Cc2ccccc2)CCCO1. The van der Waals surface area contributed by atoms with E-state index in [1.165, 1.54) is 12.0 Å². The standard InChI is InChI=1S/C15H24N2O/c1-15(8-5-9-18-15)12-17-11-14(16)10-13-6-3-2-4-7-13/h2-4,6-7,14,17H,5,8-12,16H2,1H3. The predicted octanol–water partition coefficient (Wildman–Crippen LogP) is 1.72. The van der Waals surface area contributed by atoms with Crippen LogP contribution in [0, 0.1) is 0 Å². The van der Waals surface area contributed by atoms with E-state index in [4.69, 9.17) is 10.5 Å². The first-order valence-corrected chi connectivity index (χ1v) is 6.82. The van der Waals surface area contributed by atoms with E-state index in [-0.39, 0.29) is 11.6 Å². The van der Waals surface area contributed by atoms with Crippen LogP contribution in [-0.4, -0.2) is 31.3 Å². The minimum Gasteiger partial charge on any atom is -0.374 e. The molecule has 1 fully saturated rings. The molecule has 2 unspecified atom stereocenters. The Morgan fingerprint density at radius 2 is 2.17 bits per heavy atom. The zero-order chi connectivity index (χ0) is 12.8. The lowest BCUT2D eigenvalue weighted by Crippen LogP contribution is -2.43. The summed E-state index contributed by atoms with van der Waals surface area (Å²) in [5.74, 6) is 0. The number of ether oxygens (including phenoxy) is 1. The van der Waals surface area contributed by atoms with Gasteiger partial charge < -0.3 is 15.8 Å². The topological polar surface area (TPSA) is 47.3 Å². The van der Waals surface area contributed by atoms with Gasteiger partial charge in [0.25, 0.3) is 0 Å². The van der Waals surface area contributed by atoms with Gasteiger partial charge in [0.05, 0.1) is 5.60 Å². The molecule has 0 saturated carbocycles. The first-order valence-electron chi connectivity index (χ1n) is 6.82. The lowest BCUT2D eigenvalue weighted by molar-refractivity contribution is 0.0208. The maximum Gasteiger partial charge on any atom is 0.0779 e. The summed E-state index contributed by atoms with van der Waals surface area (Å²) >= 11 is 0. The summed E-state index contributed by atoms with van der Waals surface area (Å²) < 4.78 is 5.74. The molecule has 1 aliphatic heterocycles. The van der Waals surface area contributed by atoms with Gasteiger partial charge in [0.2, 0.25) is 0 Å². The quantitative estimate of drug-likeness (QED) is 0.806. The Morgan fingerprint density at radius 1 is 1.39 bits per heavy atom. The van der Waals surface area contributed by atoms with Crippen molar-refractivity contribution in [2.75, 3.05) is 19.7 Å². The van der Waals surface area contributed by atoms with E-state index in [1.54, 1.807) is 0 Å². The van der Waals surface area contributed by atoms with Crippen molar-refractivity contribution in [3.63, 3.8) is 0 Å². The van der Waals surface area contributed by atoms with Gasteiger partial charge in [0, 0.05) is 25.7 Å². The molecule has 3 nitrogen and oxygen atoms in total. The number of benzene rings is 1. The van der Waals surface area contributed by atoms with Crippen LogP contribution in [-0.2, 0) is 11.2 Å². The van der Waals surface area contributed by atoms with E-state index in [2.05, 4.69) is 36.5 Å². The van der Waals surface area contributed by atoms with Gasteiger partial charge in [0.15, 0.2) is 0 Å². The maximum absolute atomic E-state index is 6.13. The molecule has 1 heterocycles. The van der Waals surface area contributed by atoms with Crippen molar-refractivity contribution in [2.45, 2.75) is 37.8 Å². The van der Waals surface area contributed by atoms with Crippen LogP contribution >= 0.6 is 0 Å². The van der Waals surface area contributed by atoms with Gasteiger partial charge in [-0.05, 0) is 31.7 Å². The highest BCUT2D eigenvalue weighted by molar-refractivity contribution is 5.15. The Labute approximate surface area is 110 Å². The minimum absolute atomic E-state index is 0.0203. The number of hydrogen-bond acceptors (Lipinski definition) is 3. The Hall–Kier alpha value is -0.900. The molecule has 0 aromatic heterocycles. The summed E-state index contributed by atoms with van der Waals surface area (Å²) in [7, 11) is 0. The van der Waals surface area contributed by atoms with Crippen LogP contribution in [0.2, 0.25) is 0 Å². The highest BCUT2D eigenvalue weighted by Gasteiger charge is 2.29. The second-order valence-corrected chi connectivity index (χ2v) is 5.48. The number of rotatable bonds is 6. The van der Waals surface area contributed by atoms with Crippen molar-refractivity contribution < 1.29 is 4.74 Å². The molecule has 1 saturated heterocycles. The van der Waals surface area contributed by atoms with E-state index in [1.807, 2.05) is 6.07 Å². The van der Waals surface area contributed by atoms with Crippen LogP contribution in [0.4, 0.5) is 0 Å². The average molecular weight is 248 g/mol. The van der Waals surface area contributed by atoms with Gasteiger partial charge in [-0.15, -0.1) is 0 Å². The van der Waals surface area contributed by atoms with Crippen molar-refractivity contribution in [1.82, 2.24) is 5.32 Å². The first kappa shape index (κ1) is 13.5. The van der Waals surface area contributed by atoms with Crippen molar-refractivity contribution in [1.29, 1.82) is 0 Å². The maximum atomic E-state index is 6.13. The second kappa shape index (κ2) is 6.32. The molecule has 0 radical (unpaired) electrons. The predicted molar refractivity (Wildman–Crippen MR) is 74.6 cm³/mol. The largest absolute Gasteiger partial charge is 0.374 e. The van der Waals surface area contributed by atoms with E-state index in [9.17, 15) is 0 Å². The molecule has 1 aliphatic rings. The third kappa shape index (κ3) is 4.09. The molecule has 3 N–H and O–H groups in total. The summed E-state index contributed by atoms with van der Waals surface area (Å²) in [4.78, 5) is 0. The summed E-state index contributed by atoms with van der Waals surface area (Å²) in [6, 6.07) is 10.6. The molecule has 2 atom stereocenters. The lowest BCUT2D eigenvalue weighted by Gasteiger charge is -2.24. The number of hydrogen-bond donors (Lipinski definition) is 2. The average Bonchev–Trinajstić information content (AvgIpc) is 2.77. The fraction of sp³-hybridized carbons (Fsp3) is 0.600. The summed E-state index contributed by atoms with van der Waals surface area (Å²) in [6.45, 7) is 4.81. The summed E-state index contributed by atoms with van der Waals surface area (Å²) in [6.07, 6.45) is 3.24. The molecule has 100 valence electrons. The van der Waals surface area contributed by atoms with Gasteiger partial charge in [0.1, 0.15) is 0 Å². The molecule has 1 aromatic carbocycles. The van der Waals surface area contributed by atoms with Crippen LogP contribution in [0.15, 0.2) is 30.3 Å². The zero-order valence-electron chi connectivity index (χ0n) is 11.2. The minimum atomic E-state index is 0.0203. The molecule has 0 bridgehead atoms. The Bertz CT molecular complexity index is 347. The highest BCUT2D eigenvalue weighted by atomic mass is 16.5. The first-order chi connectivity index (χ1) is 8.68. The van der Waals surface area contributed by atoms with Crippen molar-refractivity contribution in [3.8, 4) is 0 Å².